The molecule has 15 heavy (non-hydrogen) atoms. The molecule has 2 aromatic rings. The molecule has 0 aliphatic rings. The van der Waals surface area contributed by atoms with Crippen LogP contribution in [-0.4, -0.2) is 16.6 Å². The van der Waals surface area contributed by atoms with Crippen LogP contribution in [0.25, 0.3) is 10.9 Å². The maximum atomic E-state index is 11.1. The van der Waals surface area contributed by atoms with Gasteiger partial charge in [0.25, 0.3) is 0 Å². The van der Waals surface area contributed by atoms with E-state index in [4.69, 9.17) is 5.73 Å². The molecule has 0 saturated carbocycles. The second-order valence-corrected chi connectivity index (χ2v) is 3.39. The molecule has 1 aromatic heterocycles. The van der Waals surface area contributed by atoms with E-state index >= 15 is 0 Å². The molecule has 0 bridgehead atoms. The molecule has 0 amide bonds. The van der Waals surface area contributed by atoms with Crippen LogP contribution in [0.5, 0.6) is 5.75 Å². The van der Waals surface area contributed by atoms with Crippen molar-refractivity contribution in [3.05, 3.63) is 40.2 Å². The summed E-state index contributed by atoms with van der Waals surface area (Å²) in [5, 5.41) is 10.4. The summed E-state index contributed by atoms with van der Waals surface area (Å²) in [7, 11) is 0. The minimum absolute atomic E-state index is 0.0865. The second kappa shape index (κ2) is 3.74. The Kier molecular flexibility index (Phi) is 2.43. The number of phenolic OH excluding ortho intramolecular Hbond substituents is 1. The number of pyridine rings is 1. The van der Waals surface area contributed by atoms with Gasteiger partial charge in [0.1, 0.15) is 5.75 Å². The maximum Gasteiger partial charge on any atom is 0.248 e. The maximum absolute atomic E-state index is 11.1. The van der Waals surface area contributed by atoms with E-state index in [-0.39, 0.29) is 11.3 Å². The summed E-state index contributed by atoms with van der Waals surface area (Å²) in [6.45, 7) is 0.541. The largest absolute Gasteiger partial charge is 0.506 e. The van der Waals surface area contributed by atoms with Crippen LogP contribution in [0, 0.1) is 0 Å². The van der Waals surface area contributed by atoms with E-state index in [9.17, 15) is 9.90 Å². The van der Waals surface area contributed by atoms with Crippen molar-refractivity contribution >= 4 is 10.9 Å². The van der Waals surface area contributed by atoms with Gasteiger partial charge >= 0.3 is 0 Å². The fraction of sp³-hybridized carbons (Fsp3) is 0.182. The number of hydrogen-bond acceptors (Lipinski definition) is 3. The summed E-state index contributed by atoms with van der Waals surface area (Å²) in [5.41, 5.74) is 6.77. The Morgan fingerprint density at radius 3 is 2.80 bits per heavy atom. The molecule has 0 aliphatic heterocycles. The van der Waals surface area contributed by atoms with Gasteiger partial charge in [-0.2, -0.15) is 0 Å². The Hall–Kier alpha value is -1.81. The quantitative estimate of drug-likeness (QED) is 0.674. The van der Waals surface area contributed by atoms with Crippen LogP contribution >= 0.6 is 0 Å². The zero-order valence-electron chi connectivity index (χ0n) is 8.16. The van der Waals surface area contributed by atoms with Gasteiger partial charge < -0.3 is 15.8 Å². The zero-order chi connectivity index (χ0) is 10.8. The minimum Gasteiger partial charge on any atom is -0.506 e. The van der Waals surface area contributed by atoms with Crippen LogP contribution in [0.3, 0.4) is 0 Å². The molecule has 0 atom stereocenters. The first-order valence-corrected chi connectivity index (χ1v) is 4.76. The summed E-state index contributed by atoms with van der Waals surface area (Å²) in [4.78, 5) is 13.7. The van der Waals surface area contributed by atoms with Crippen molar-refractivity contribution in [2.24, 2.45) is 5.73 Å². The number of aromatic hydroxyl groups is 1. The van der Waals surface area contributed by atoms with Crippen LogP contribution in [0.15, 0.2) is 29.1 Å². The Labute approximate surface area is 86.4 Å². The van der Waals surface area contributed by atoms with Crippen molar-refractivity contribution < 1.29 is 5.11 Å². The lowest BCUT2D eigenvalue weighted by atomic mass is 10.1. The number of H-pyrrole nitrogens is 1. The second-order valence-electron chi connectivity index (χ2n) is 3.39. The van der Waals surface area contributed by atoms with Crippen molar-refractivity contribution in [1.82, 2.24) is 4.98 Å². The Balaban J connectivity index is 2.76. The van der Waals surface area contributed by atoms with E-state index in [1.807, 2.05) is 6.07 Å². The molecule has 2 rings (SSSR count). The van der Waals surface area contributed by atoms with Gasteiger partial charge in [-0.05, 0) is 30.7 Å². The highest BCUT2D eigenvalue weighted by Gasteiger charge is 2.05. The van der Waals surface area contributed by atoms with Gasteiger partial charge in [0.2, 0.25) is 5.56 Å². The topological polar surface area (TPSA) is 79.1 Å². The van der Waals surface area contributed by atoms with E-state index < -0.39 is 0 Å². The van der Waals surface area contributed by atoms with Crippen LogP contribution in [0.2, 0.25) is 0 Å². The van der Waals surface area contributed by atoms with Gasteiger partial charge in [-0.15, -0.1) is 0 Å². The normalized spacial score (nSPS) is 10.7. The molecule has 0 spiro atoms. The van der Waals surface area contributed by atoms with Crippen molar-refractivity contribution in [3.8, 4) is 5.75 Å². The third-order valence-electron chi connectivity index (χ3n) is 2.38. The molecular weight excluding hydrogens is 192 g/mol. The van der Waals surface area contributed by atoms with E-state index in [1.54, 1.807) is 12.1 Å². The van der Waals surface area contributed by atoms with Crippen molar-refractivity contribution in [1.29, 1.82) is 0 Å². The van der Waals surface area contributed by atoms with Gasteiger partial charge in [0.15, 0.2) is 0 Å². The fourth-order valence-corrected chi connectivity index (χ4v) is 1.67. The number of aromatic nitrogens is 1. The average molecular weight is 204 g/mol. The van der Waals surface area contributed by atoms with Gasteiger partial charge in [-0.3, -0.25) is 4.79 Å². The number of rotatable bonds is 2. The van der Waals surface area contributed by atoms with Gasteiger partial charge in [0, 0.05) is 11.5 Å². The average Bonchev–Trinajstić information content (AvgIpc) is 2.23. The molecule has 0 radical (unpaired) electrons. The van der Waals surface area contributed by atoms with Crippen molar-refractivity contribution in [2.45, 2.75) is 6.42 Å². The monoisotopic (exact) mass is 204 g/mol. The Morgan fingerprint density at radius 2 is 2.07 bits per heavy atom. The number of hydrogen-bond donors (Lipinski definition) is 3. The lowest BCUT2D eigenvalue weighted by molar-refractivity contribution is 0.480. The first-order chi connectivity index (χ1) is 7.22. The molecule has 4 nitrogen and oxygen atoms in total. The number of benzene rings is 1. The number of phenols is 1. The van der Waals surface area contributed by atoms with Gasteiger partial charge in [-0.25, -0.2) is 0 Å². The molecule has 0 unspecified atom stereocenters. The standard InChI is InChI=1S/C11H12N2O2/c12-6-5-7-1-3-9(14)11-8(7)2-4-10(15)13-11/h1-4,14H,5-6,12H2,(H,13,15). The van der Waals surface area contributed by atoms with Crippen LogP contribution in [0.1, 0.15) is 5.56 Å². The summed E-state index contributed by atoms with van der Waals surface area (Å²) in [6.07, 6.45) is 0.725. The van der Waals surface area contributed by atoms with E-state index in [2.05, 4.69) is 4.98 Å². The SMILES string of the molecule is NCCc1ccc(O)c2[nH]c(=O)ccc12. The number of fused-ring (bicyclic) bond motifs is 1. The molecule has 0 fully saturated rings. The van der Waals surface area contributed by atoms with Crippen LogP contribution in [0.4, 0.5) is 0 Å². The minimum atomic E-state index is -0.220. The predicted octanol–water partition coefficient (Wildman–Crippen LogP) is 0.735. The molecule has 4 heteroatoms. The number of nitrogens with one attached hydrogen (secondary N) is 1. The highest BCUT2D eigenvalue weighted by atomic mass is 16.3. The fourth-order valence-electron chi connectivity index (χ4n) is 1.67. The third kappa shape index (κ3) is 1.71. The molecule has 0 saturated heterocycles. The van der Waals surface area contributed by atoms with E-state index in [1.165, 1.54) is 6.07 Å². The molecule has 78 valence electrons. The van der Waals surface area contributed by atoms with Crippen LogP contribution in [-0.2, 0) is 6.42 Å². The van der Waals surface area contributed by atoms with Crippen molar-refractivity contribution in [2.75, 3.05) is 6.54 Å². The van der Waals surface area contributed by atoms with E-state index in [0.717, 1.165) is 17.4 Å². The first-order valence-electron chi connectivity index (χ1n) is 4.76. The molecule has 1 aromatic carbocycles. The predicted molar refractivity (Wildman–Crippen MR) is 59.0 cm³/mol. The highest BCUT2D eigenvalue weighted by molar-refractivity contribution is 5.87. The van der Waals surface area contributed by atoms with E-state index in [0.29, 0.717) is 12.1 Å². The molecule has 0 aliphatic carbocycles. The highest BCUT2D eigenvalue weighted by Crippen LogP contribution is 2.24. The third-order valence-corrected chi connectivity index (χ3v) is 2.38. The summed E-state index contributed by atoms with van der Waals surface area (Å²) in [6, 6.07) is 6.55. The lowest BCUT2D eigenvalue weighted by Crippen LogP contribution is -2.06. The van der Waals surface area contributed by atoms with Crippen molar-refractivity contribution in [3.63, 3.8) is 0 Å². The Morgan fingerprint density at radius 1 is 1.27 bits per heavy atom. The number of aromatic amines is 1. The van der Waals surface area contributed by atoms with Crippen LogP contribution < -0.4 is 11.3 Å². The summed E-state index contributed by atoms with van der Waals surface area (Å²) >= 11 is 0. The smallest absolute Gasteiger partial charge is 0.248 e. The molecule has 4 N–H and O–H groups in total. The zero-order valence-corrected chi connectivity index (χ0v) is 8.16. The molecule has 1 heterocycles. The summed E-state index contributed by atoms with van der Waals surface area (Å²) < 4.78 is 0. The Bertz CT molecular complexity index is 546. The molecular formula is C11H12N2O2. The van der Waals surface area contributed by atoms with Gasteiger partial charge in [0.05, 0.1) is 5.52 Å². The lowest BCUT2D eigenvalue weighted by Gasteiger charge is -2.06. The first kappa shape index (κ1) is 9.73. The number of nitrogens with two attached hydrogens (primary N) is 1. The van der Waals surface area contributed by atoms with Gasteiger partial charge in [-0.1, -0.05) is 6.07 Å². The summed E-state index contributed by atoms with van der Waals surface area (Å²) in [5.74, 6) is 0.0865.